The molecule has 0 saturated carbocycles. The van der Waals surface area contributed by atoms with E-state index in [0.29, 0.717) is 0 Å². The smallest absolute Gasteiger partial charge is 0.134 e. The lowest BCUT2D eigenvalue weighted by Crippen LogP contribution is -1.71. The minimum Gasteiger partial charge on any atom is -0.270 e. The number of benzene rings is 1. The highest BCUT2D eigenvalue weighted by Gasteiger charge is 2.02. The first-order valence-corrected chi connectivity index (χ1v) is 3.48. The van der Waals surface area contributed by atoms with E-state index >= 15 is 0 Å². The van der Waals surface area contributed by atoms with Gasteiger partial charge < -0.3 is 0 Å². The molecule has 0 aliphatic heterocycles. The molecule has 3 rings (SSSR count). The van der Waals surface area contributed by atoms with E-state index < -0.39 is 0 Å². The third-order valence-corrected chi connectivity index (χ3v) is 1.79. The van der Waals surface area contributed by atoms with Crippen LogP contribution in [0.4, 0.5) is 0 Å². The van der Waals surface area contributed by atoms with Gasteiger partial charge in [-0.05, 0) is 12.1 Å². The normalized spacial score (nSPS) is 11.3. The Morgan fingerprint density at radius 3 is 2.83 bits per heavy atom. The first-order valence-electron chi connectivity index (χ1n) is 3.48. The van der Waals surface area contributed by atoms with Gasteiger partial charge in [0.2, 0.25) is 0 Å². The molecule has 0 unspecified atom stereocenters. The molecule has 0 radical (unpaired) electrons. The third-order valence-electron chi connectivity index (χ3n) is 1.79. The Bertz CT molecular complexity index is 447. The molecule has 1 aromatic carbocycles. The molecule has 2 aromatic heterocycles. The van der Waals surface area contributed by atoms with Crippen LogP contribution in [0, 0.1) is 0 Å². The lowest BCUT2D eigenvalue weighted by molar-refractivity contribution is 0.315. The highest BCUT2D eigenvalue weighted by atomic mass is 16.6. The van der Waals surface area contributed by atoms with Crippen molar-refractivity contribution >= 4 is 22.1 Å². The molecule has 0 spiro atoms. The Labute approximate surface area is 66.4 Å². The summed E-state index contributed by atoms with van der Waals surface area (Å²) in [6.07, 6.45) is 1.53. The second kappa shape index (κ2) is 1.82. The zero-order chi connectivity index (χ0) is 7.97. The SMILES string of the molecule is c1nc2cc3no[nH]c3cc2n1. The van der Waals surface area contributed by atoms with Gasteiger partial charge in [-0.15, -0.1) is 0 Å². The van der Waals surface area contributed by atoms with Crippen molar-refractivity contribution < 1.29 is 4.63 Å². The highest BCUT2D eigenvalue weighted by molar-refractivity contribution is 5.90. The molecule has 2 heterocycles. The summed E-state index contributed by atoms with van der Waals surface area (Å²) in [5.74, 6) is 0. The molecule has 3 aromatic rings. The van der Waals surface area contributed by atoms with Gasteiger partial charge in [0, 0.05) is 0 Å². The van der Waals surface area contributed by atoms with Gasteiger partial charge in [-0.3, -0.25) is 4.63 Å². The summed E-state index contributed by atoms with van der Waals surface area (Å²) < 4.78 is 4.67. The van der Waals surface area contributed by atoms with Crippen LogP contribution in [0.15, 0.2) is 23.1 Å². The standard InChI is InChI=1S/C7H4N4O/c1-4-5(9-3-8-4)2-7-6(1)10-12-11-7/h1-3,10H. The Morgan fingerprint density at radius 1 is 1.08 bits per heavy atom. The van der Waals surface area contributed by atoms with Gasteiger partial charge in [-0.2, -0.15) is 5.16 Å². The van der Waals surface area contributed by atoms with Crippen molar-refractivity contribution in [3.8, 4) is 0 Å². The van der Waals surface area contributed by atoms with Crippen molar-refractivity contribution in [3.63, 3.8) is 0 Å². The second-order valence-electron chi connectivity index (χ2n) is 2.52. The van der Waals surface area contributed by atoms with Crippen LogP contribution in [0.1, 0.15) is 0 Å². The number of fused-ring (bicyclic) bond motifs is 2. The number of hydrogen-bond acceptors (Lipinski definition) is 4. The van der Waals surface area contributed by atoms with Crippen LogP contribution < -0.4 is 0 Å². The highest BCUT2D eigenvalue weighted by Crippen LogP contribution is 2.16. The quantitative estimate of drug-likeness (QED) is 0.534. The Hall–Kier alpha value is -1.91. The molecule has 0 aliphatic rings. The van der Waals surface area contributed by atoms with Crippen LogP contribution >= 0.6 is 0 Å². The van der Waals surface area contributed by atoms with E-state index in [-0.39, 0.29) is 0 Å². The second-order valence-corrected chi connectivity index (χ2v) is 2.52. The lowest BCUT2D eigenvalue weighted by atomic mass is 10.3. The van der Waals surface area contributed by atoms with Crippen LogP contribution in [0.5, 0.6) is 0 Å². The van der Waals surface area contributed by atoms with Crippen molar-refractivity contribution in [1.29, 1.82) is 0 Å². The molecule has 12 heavy (non-hydrogen) atoms. The van der Waals surface area contributed by atoms with Gasteiger partial charge in [-0.1, -0.05) is 5.16 Å². The van der Waals surface area contributed by atoms with Crippen molar-refractivity contribution in [2.75, 3.05) is 0 Å². The fourth-order valence-electron chi connectivity index (χ4n) is 1.20. The van der Waals surface area contributed by atoms with Gasteiger partial charge in [0.15, 0.2) is 0 Å². The lowest BCUT2D eigenvalue weighted by Gasteiger charge is -1.84. The number of H-pyrrole nitrogens is 1. The Morgan fingerprint density at radius 2 is 1.92 bits per heavy atom. The zero-order valence-electron chi connectivity index (χ0n) is 5.98. The predicted octanol–water partition coefficient (Wildman–Crippen LogP) is 1.10. The van der Waals surface area contributed by atoms with Crippen LogP contribution in [-0.2, 0) is 0 Å². The van der Waals surface area contributed by atoms with Crippen LogP contribution in [0.3, 0.4) is 0 Å². The molecule has 0 atom stereocenters. The van der Waals surface area contributed by atoms with Crippen LogP contribution in [-0.4, -0.2) is 20.3 Å². The van der Waals surface area contributed by atoms with E-state index in [9.17, 15) is 0 Å². The molecule has 58 valence electrons. The Kier molecular flexibility index (Phi) is 0.864. The number of nitrogens with one attached hydrogen (secondary N) is 1. The summed E-state index contributed by atoms with van der Waals surface area (Å²) >= 11 is 0. The summed E-state index contributed by atoms with van der Waals surface area (Å²) in [6, 6.07) is 3.69. The van der Waals surface area contributed by atoms with Crippen LogP contribution in [0.2, 0.25) is 0 Å². The summed E-state index contributed by atoms with van der Waals surface area (Å²) in [5, 5.41) is 6.40. The van der Waals surface area contributed by atoms with Gasteiger partial charge in [-0.25, -0.2) is 9.97 Å². The summed E-state index contributed by atoms with van der Waals surface area (Å²) in [4.78, 5) is 8.09. The average Bonchev–Trinajstić information content (AvgIpc) is 2.64. The predicted molar refractivity (Wildman–Crippen MR) is 41.5 cm³/mol. The molecular weight excluding hydrogens is 156 g/mol. The fourth-order valence-corrected chi connectivity index (χ4v) is 1.20. The third kappa shape index (κ3) is 0.597. The number of aromatic amines is 1. The van der Waals surface area contributed by atoms with Gasteiger partial charge in [0.25, 0.3) is 0 Å². The van der Waals surface area contributed by atoms with Crippen molar-refractivity contribution in [3.05, 3.63) is 18.5 Å². The van der Waals surface area contributed by atoms with Crippen molar-refractivity contribution in [1.82, 2.24) is 20.3 Å². The maximum absolute atomic E-state index is 4.67. The van der Waals surface area contributed by atoms with Crippen molar-refractivity contribution in [2.24, 2.45) is 0 Å². The maximum Gasteiger partial charge on any atom is 0.134 e. The Balaban J connectivity index is 2.62. The van der Waals surface area contributed by atoms with E-state index in [1.165, 1.54) is 6.33 Å². The number of hydrogen-bond donors (Lipinski definition) is 1. The first kappa shape index (κ1) is 5.70. The van der Waals surface area contributed by atoms with Gasteiger partial charge >= 0.3 is 0 Å². The van der Waals surface area contributed by atoms with Crippen molar-refractivity contribution in [2.45, 2.75) is 0 Å². The van der Waals surface area contributed by atoms with E-state index in [1.807, 2.05) is 12.1 Å². The minimum absolute atomic E-state index is 0.767. The average molecular weight is 160 g/mol. The topological polar surface area (TPSA) is 67.6 Å². The van der Waals surface area contributed by atoms with E-state index in [4.69, 9.17) is 0 Å². The summed E-state index contributed by atoms with van der Waals surface area (Å²) in [7, 11) is 0. The molecule has 0 fully saturated rings. The molecule has 0 bridgehead atoms. The van der Waals surface area contributed by atoms with E-state index in [1.54, 1.807) is 0 Å². The monoisotopic (exact) mass is 160 g/mol. The number of nitrogens with zero attached hydrogens (tertiary/aromatic N) is 3. The first-order chi connectivity index (χ1) is 5.93. The molecular formula is C7H4N4O. The molecule has 0 saturated heterocycles. The van der Waals surface area contributed by atoms with E-state index in [2.05, 4.69) is 24.9 Å². The number of aromatic nitrogens is 4. The number of imidazole rings is 1. The van der Waals surface area contributed by atoms with Gasteiger partial charge in [0.1, 0.15) is 17.4 Å². The largest absolute Gasteiger partial charge is 0.270 e. The summed E-state index contributed by atoms with van der Waals surface area (Å²) in [5.41, 5.74) is 3.29. The summed E-state index contributed by atoms with van der Waals surface area (Å²) in [6.45, 7) is 0. The fraction of sp³-hybridized carbons (Fsp3) is 0. The minimum atomic E-state index is 0.767. The molecule has 5 nitrogen and oxygen atoms in total. The van der Waals surface area contributed by atoms with Crippen LogP contribution in [0.25, 0.3) is 22.1 Å². The molecule has 0 aliphatic carbocycles. The van der Waals surface area contributed by atoms with E-state index in [0.717, 1.165) is 22.1 Å². The molecule has 0 amide bonds. The van der Waals surface area contributed by atoms with Gasteiger partial charge in [0.05, 0.1) is 11.0 Å². The zero-order valence-corrected chi connectivity index (χ0v) is 5.98. The molecule has 5 heteroatoms. The number of rotatable bonds is 0. The molecule has 1 N–H and O–H groups in total. The maximum atomic E-state index is 4.67.